The van der Waals surface area contributed by atoms with Gasteiger partial charge in [0.2, 0.25) is 0 Å². The highest BCUT2D eigenvalue weighted by Gasteiger charge is 2.21. The highest BCUT2D eigenvalue weighted by Crippen LogP contribution is 2.32. The minimum Gasteiger partial charge on any atom is -0.508 e. The molecular weight excluding hydrogens is 174 g/mol. The van der Waals surface area contributed by atoms with Crippen LogP contribution in [0.4, 0.5) is 0 Å². The molecule has 2 rings (SSSR count). The van der Waals surface area contributed by atoms with Gasteiger partial charge in [0.05, 0.1) is 0 Å². The number of benzene rings is 1. The molecule has 1 aliphatic rings. The van der Waals surface area contributed by atoms with Gasteiger partial charge in [0.15, 0.2) is 0 Å². The Balaban J connectivity index is 2.31. The molecule has 1 fully saturated rings. The van der Waals surface area contributed by atoms with E-state index >= 15 is 0 Å². The van der Waals surface area contributed by atoms with E-state index in [1.165, 1.54) is 5.56 Å². The minimum absolute atomic E-state index is 0.369. The number of hydrogen-bond donors (Lipinski definition) is 2. The standard InChI is InChI=1S/C12H17NO/c1-8(2)9-3-4-12(14)10(7-9)11-5-6-13-11/h3-4,7-8,11,13-14H,5-6H2,1-2H3/t11-/m0/s1. The van der Waals surface area contributed by atoms with Crippen molar-refractivity contribution in [1.29, 1.82) is 0 Å². The van der Waals surface area contributed by atoms with Crippen LogP contribution < -0.4 is 5.32 Å². The fourth-order valence-corrected chi connectivity index (χ4v) is 1.77. The Bertz CT molecular complexity index is 329. The fourth-order valence-electron chi connectivity index (χ4n) is 1.77. The summed E-state index contributed by atoms with van der Waals surface area (Å²) in [4.78, 5) is 0. The third-order valence-electron chi connectivity index (χ3n) is 2.92. The van der Waals surface area contributed by atoms with E-state index in [1.807, 2.05) is 12.1 Å². The van der Waals surface area contributed by atoms with E-state index in [0.717, 1.165) is 18.5 Å². The average molecular weight is 191 g/mol. The Morgan fingerprint density at radius 2 is 2.14 bits per heavy atom. The summed E-state index contributed by atoms with van der Waals surface area (Å²) in [6.45, 7) is 5.41. The predicted molar refractivity (Wildman–Crippen MR) is 57.6 cm³/mol. The van der Waals surface area contributed by atoms with Crippen molar-refractivity contribution in [2.75, 3.05) is 6.54 Å². The van der Waals surface area contributed by atoms with Crippen molar-refractivity contribution in [3.8, 4) is 5.75 Å². The van der Waals surface area contributed by atoms with Crippen LogP contribution in [-0.4, -0.2) is 11.7 Å². The SMILES string of the molecule is CC(C)c1ccc(O)c([C@@H]2CCN2)c1. The lowest BCUT2D eigenvalue weighted by molar-refractivity contribution is 0.364. The van der Waals surface area contributed by atoms with Crippen LogP contribution in [0, 0.1) is 0 Å². The molecule has 0 unspecified atom stereocenters. The molecule has 1 aromatic rings. The molecule has 2 heteroatoms. The lowest BCUT2D eigenvalue weighted by atomic mass is 9.92. The van der Waals surface area contributed by atoms with Gasteiger partial charge >= 0.3 is 0 Å². The molecule has 76 valence electrons. The fraction of sp³-hybridized carbons (Fsp3) is 0.500. The highest BCUT2D eigenvalue weighted by atomic mass is 16.3. The first-order chi connectivity index (χ1) is 6.68. The molecule has 2 nitrogen and oxygen atoms in total. The molecule has 0 amide bonds. The van der Waals surface area contributed by atoms with E-state index in [-0.39, 0.29) is 0 Å². The summed E-state index contributed by atoms with van der Waals surface area (Å²) in [5, 5.41) is 13.0. The van der Waals surface area contributed by atoms with Crippen LogP contribution in [0.1, 0.15) is 43.4 Å². The molecule has 0 aromatic heterocycles. The van der Waals surface area contributed by atoms with E-state index < -0.39 is 0 Å². The van der Waals surface area contributed by atoms with Crippen molar-refractivity contribution in [1.82, 2.24) is 5.32 Å². The van der Waals surface area contributed by atoms with Gasteiger partial charge in [0.1, 0.15) is 5.75 Å². The summed E-state index contributed by atoms with van der Waals surface area (Å²) in [6, 6.07) is 6.30. The van der Waals surface area contributed by atoms with Crippen molar-refractivity contribution in [2.24, 2.45) is 0 Å². The largest absolute Gasteiger partial charge is 0.508 e. The Morgan fingerprint density at radius 3 is 2.64 bits per heavy atom. The molecule has 0 bridgehead atoms. The lowest BCUT2D eigenvalue weighted by Crippen LogP contribution is -2.35. The Kier molecular flexibility index (Phi) is 2.46. The van der Waals surface area contributed by atoms with Crippen LogP contribution in [0.5, 0.6) is 5.75 Å². The first-order valence-corrected chi connectivity index (χ1v) is 5.24. The molecule has 0 spiro atoms. The quantitative estimate of drug-likeness (QED) is 0.753. The van der Waals surface area contributed by atoms with Gasteiger partial charge in [0, 0.05) is 11.6 Å². The summed E-state index contributed by atoms with van der Waals surface area (Å²) in [6.07, 6.45) is 1.13. The summed E-state index contributed by atoms with van der Waals surface area (Å²) in [5.41, 5.74) is 2.36. The second kappa shape index (κ2) is 3.62. The molecule has 1 aromatic carbocycles. The molecular formula is C12H17NO. The first kappa shape index (κ1) is 9.53. The molecule has 0 saturated carbocycles. The lowest BCUT2D eigenvalue weighted by Gasteiger charge is -2.29. The van der Waals surface area contributed by atoms with E-state index in [4.69, 9.17) is 0 Å². The van der Waals surface area contributed by atoms with Crippen molar-refractivity contribution >= 4 is 0 Å². The van der Waals surface area contributed by atoms with Crippen LogP contribution in [0.2, 0.25) is 0 Å². The van der Waals surface area contributed by atoms with Crippen molar-refractivity contribution in [3.05, 3.63) is 29.3 Å². The zero-order chi connectivity index (χ0) is 10.1. The molecule has 1 heterocycles. The monoisotopic (exact) mass is 191 g/mol. The normalized spacial score (nSPS) is 20.9. The van der Waals surface area contributed by atoms with Crippen molar-refractivity contribution in [3.63, 3.8) is 0 Å². The predicted octanol–water partition coefficient (Wildman–Crippen LogP) is 2.55. The Hall–Kier alpha value is -1.02. The van der Waals surface area contributed by atoms with E-state index in [9.17, 15) is 5.11 Å². The maximum Gasteiger partial charge on any atom is 0.120 e. The van der Waals surface area contributed by atoms with Gasteiger partial charge in [0.25, 0.3) is 0 Å². The first-order valence-electron chi connectivity index (χ1n) is 5.24. The average Bonchev–Trinajstić information content (AvgIpc) is 2.05. The Morgan fingerprint density at radius 1 is 1.43 bits per heavy atom. The summed E-state index contributed by atoms with van der Waals surface area (Å²) in [7, 11) is 0. The number of aromatic hydroxyl groups is 1. The van der Waals surface area contributed by atoms with Gasteiger partial charge in [-0.2, -0.15) is 0 Å². The van der Waals surface area contributed by atoms with E-state index in [1.54, 1.807) is 0 Å². The third-order valence-corrected chi connectivity index (χ3v) is 2.92. The smallest absolute Gasteiger partial charge is 0.120 e. The summed E-state index contributed by atoms with van der Waals surface area (Å²) in [5.74, 6) is 0.945. The van der Waals surface area contributed by atoms with Crippen LogP contribution in [-0.2, 0) is 0 Å². The Labute approximate surface area is 85.0 Å². The molecule has 1 aliphatic heterocycles. The number of rotatable bonds is 2. The van der Waals surface area contributed by atoms with Crippen LogP contribution in [0.25, 0.3) is 0 Å². The molecule has 1 saturated heterocycles. The molecule has 0 radical (unpaired) electrons. The number of phenolic OH excluding ortho intramolecular Hbond substituents is 1. The maximum atomic E-state index is 9.71. The second-order valence-corrected chi connectivity index (χ2v) is 4.27. The van der Waals surface area contributed by atoms with Crippen molar-refractivity contribution in [2.45, 2.75) is 32.2 Å². The zero-order valence-electron chi connectivity index (χ0n) is 8.75. The molecule has 0 aliphatic carbocycles. The van der Waals surface area contributed by atoms with Gasteiger partial charge in [-0.15, -0.1) is 0 Å². The molecule has 14 heavy (non-hydrogen) atoms. The van der Waals surface area contributed by atoms with Crippen LogP contribution >= 0.6 is 0 Å². The highest BCUT2D eigenvalue weighted by molar-refractivity contribution is 5.40. The van der Waals surface area contributed by atoms with Gasteiger partial charge in [-0.25, -0.2) is 0 Å². The van der Waals surface area contributed by atoms with Gasteiger partial charge < -0.3 is 10.4 Å². The van der Waals surface area contributed by atoms with Gasteiger partial charge in [-0.1, -0.05) is 26.0 Å². The topological polar surface area (TPSA) is 32.3 Å². The summed E-state index contributed by atoms with van der Waals surface area (Å²) >= 11 is 0. The van der Waals surface area contributed by atoms with E-state index in [2.05, 4.69) is 25.2 Å². The maximum absolute atomic E-state index is 9.71. The van der Waals surface area contributed by atoms with Crippen molar-refractivity contribution < 1.29 is 5.11 Å². The summed E-state index contributed by atoms with van der Waals surface area (Å²) < 4.78 is 0. The number of phenols is 1. The van der Waals surface area contributed by atoms with Gasteiger partial charge in [-0.3, -0.25) is 0 Å². The second-order valence-electron chi connectivity index (χ2n) is 4.27. The van der Waals surface area contributed by atoms with Crippen LogP contribution in [0.15, 0.2) is 18.2 Å². The third kappa shape index (κ3) is 1.62. The minimum atomic E-state index is 0.369. The van der Waals surface area contributed by atoms with Gasteiger partial charge in [-0.05, 0) is 30.5 Å². The zero-order valence-corrected chi connectivity index (χ0v) is 8.75. The molecule has 1 atom stereocenters. The molecule has 2 N–H and O–H groups in total. The number of nitrogens with one attached hydrogen (secondary N) is 1. The van der Waals surface area contributed by atoms with E-state index in [0.29, 0.717) is 17.7 Å². The van der Waals surface area contributed by atoms with Crippen LogP contribution in [0.3, 0.4) is 0 Å². The number of hydrogen-bond acceptors (Lipinski definition) is 2.